The zero-order valence-corrected chi connectivity index (χ0v) is 11.8. The fraction of sp³-hybridized carbons (Fsp3) is 0.571. The van der Waals surface area contributed by atoms with Gasteiger partial charge >= 0.3 is 0 Å². The quantitative estimate of drug-likeness (QED) is 0.789. The van der Waals surface area contributed by atoms with Crippen molar-refractivity contribution in [1.82, 2.24) is 14.8 Å². The van der Waals surface area contributed by atoms with Crippen LogP contribution in [0.15, 0.2) is 24.2 Å². The maximum absolute atomic E-state index is 12.0. The second-order valence-corrected chi connectivity index (χ2v) is 6.17. The van der Waals surface area contributed by atoms with E-state index in [4.69, 9.17) is 0 Å². The SMILES string of the molecule is C=CCN1C(=O)CC[C@@H]2[C@H]1CCN2Cc1nccs1. The Kier molecular flexibility index (Phi) is 3.66. The van der Waals surface area contributed by atoms with Gasteiger partial charge in [0.05, 0.1) is 6.54 Å². The van der Waals surface area contributed by atoms with E-state index in [0.717, 1.165) is 25.9 Å². The molecule has 3 rings (SSSR count). The summed E-state index contributed by atoms with van der Waals surface area (Å²) in [5, 5.41) is 3.20. The summed E-state index contributed by atoms with van der Waals surface area (Å²) in [6.07, 6.45) is 6.44. The molecule has 19 heavy (non-hydrogen) atoms. The van der Waals surface area contributed by atoms with Crippen LogP contribution in [0.3, 0.4) is 0 Å². The Morgan fingerprint density at radius 1 is 1.47 bits per heavy atom. The standard InChI is InChI=1S/C14H19N3OS/c1-2-7-17-12-5-8-16(10-13-15-6-9-19-13)11(12)3-4-14(17)18/h2,6,9,11-12H,1,3-5,7-8,10H2/t11-,12-/m1/s1. The van der Waals surface area contributed by atoms with Gasteiger partial charge in [-0.2, -0.15) is 0 Å². The van der Waals surface area contributed by atoms with Crippen LogP contribution in [-0.2, 0) is 11.3 Å². The van der Waals surface area contributed by atoms with E-state index in [2.05, 4.69) is 16.5 Å². The molecule has 2 aliphatic rings. The average Bonchev–Trinajstić information content (AvgIpc) is 3.04. The first-order chi connectivity index (χ1) is 9.29. The van der Waals surface area contributed by atoms with E-state index in [1.807, 2.05) is 22.6 Å². The number of thiazole rings is 1. The van der Waals surface area contributed by atoms with Gasteiger partial charge in [0, 0.05) is 43.2 Å². The largest absolute Gasteiger partial charge is 0.334 e. The Labute approximate surface area is 117 Å². The summed E-state index contributed by atoms with van der Waals surface area (Å²) in [6.45, 7) is 6.44. The van der Waals surface area contributed by atoms with Gasteiger partial charge in [0.15, 0.2) is 0 Å². The molecule has 0 bridgehead atoms. The van der Waals surface area contributed by atoms with Gasteiger partial charge in [-0.15, -0.1) is 17.9 Å². The first kappa shape index (κ1) is 12.8. The molecular weight excluding hydrogens is 258 g/mol. The van der Waals surface area contributed by atoms with Crippen LogP contribution in [-0.4, -0.2) is 45.9 Å². The van der Waals surface area contributed by atoms with Gasteiger partial charge in [-0.1, -0.05) is 6.08 Å². The third kappa shape index (κ3) is 2.44. The van der Waals surface area contributed by atoms with E-state index < -0.39 is 0 Å². The maximum Gasteiger partial charge on any atom is 0.223 e. The molecule has 0 saturated carbocycles. The Morgan fingerprint density at radius 2 is 2.37 bits per heavy atom. The molecule has 2 saturated heterocycles. The number of rotatable bonds is 4. The van der Waals surface area contributed by atoms with E-state index in [1.165, 1.54) is 5.01 Å². The van der Waals surface area contributed by atoms with Crippen molar-refractivity contribution in [1.29, 1.82) is 0 Å². The predicted molar refractivity (Wildman–Crippen MR) is 75.9 cm³/mol. The summed E-state index contributed by atoms with van der Waals surface area (Å²) in [5.41, 5.74) is 0. The van der Waals surface area contributed by atoms with E-state index >= 15 is 0 Å². The number of aromatic nitrogens is 1. The fourth-order valence-corrected chi connectivity index (χ4v) is 3.96. The average molecular weight is 277 g/mol. The predicted octanol–water partition coefficient (Wildman–Crippen LogP) is 1.89. The van der Waals surface area contributed by atoms with Gasteiger partial charge in [-0.3, -0.25) is 9.69 Å². The van der Waals surface area contributed by atoms with Gasteiger partial charge in [-0.25, -0.2) is 4.98 Å². The van der Waals surface area contributed by atoms with Crippen LogP contribution in [0, 0.1) is 0 Å². The van der Waals surface area contributed by atoms with E-state index in [-0.39, 0.29) is 5.91 Å². The summed E-state index contributed by atoms with van der Waals surface area (Å²) < 4.78 is 0. The third-order valence-electron chi connectivity index (χ3n) is 4.15. The summed E-state index contributed by atoms with van der Waals surface area (Å²) in [7, 11) is 0. The van der Waals surface area contributed by atoms with Crippen LogP contribution < -0.4 is 0 Å². The summed E-state index contributed by atoms with van der Waals surface area (Å²) in [6, 6.07) is 0.876. The molecule has 0 unspecified atom stereocenters. The number of hydrogen-bond acceptors (Lipinski definition) is 4. The molecule has 2 atom stereocenters. The zero-order chi connectivity index (χ0) is 13.2. The number of hydrogen-bond donors (Lipinski definition) is 0. The molecule has 1 aromatic heterocycles. The summed E-state index contributed by atoms with van der Waals surface area (Å²) >= 11 is 1.71. The normalized spacial score (nSPS) is 27.6. The van der Waals surface area contributed by atoms with Crippen LogP contribution in [0.2, 0.25) is 0 Å². The number of fused-ring (bicyclic) bond motifs is 1. The van der Waals surface area contributed by atoms with Crippen LogP contribution in [0.5, 0.6) is 0 Å². The number of carbonyl (C=O) groups is 1. The van der Waals surface area contributed by atoms with Gasteiger partial charge in [-0.05, 0) is 12.8 Å². The molecule has 0 radical (unpaired) electrons. The highest BCUT2D eigenvalue weighted by atomic mass is 32.1. The topological polar surface area (TPSA) is 36.4 Å². The van der Waals surface area contributed by atoms with Crippen molar-refractivity contribution in [2.75, 3.05) is 13.1 Å². The van der Waals surface area contributed by atoms with Crippen LogP contribution in [0.1, 0.15) is 24.3 Å². The van der Waals surface area contributed by atoms with Crippen molar-refractivity contribution in [2.45, 2.75) is 37.9 Å². The lowest BCUT2D eigenvalue weighted by atomic mass is 9.96. The third-order valence-corrected chi connectivity index (χ3v) is 4.91. The number of likely N-dealkylation sites (tertiary alicyclic amines) is 2. The van der Waals surface area contributed by atoms with Crippen LogP contribution in [0.25, 0.3) is 0 Å². The first-order valence-electron chi connectivity index (χ1n) is 6.82. The van der Waals surface area contributed by atoms with E-state index in [1.54, 1.807) is 11.3 Å². The Hall–Kier alpha value is -1.20. The van der Waals surface area contributed by atoms with Crippen molar-refractivity contribution >= 4 is 17.2 Å². The number of carbonyl (C=O) groups excluding carboxylic acids is 1. The molecule has 4 nitrogen and oxygen atoms in total. The molecule has 0 aliphatic carbocycles. The highest BCUT2D eigenvalue weighted by molar-refractivity contribution is 7.09. The second-order valence-electron chi connectivity index (χ2n) is 5.19. The summed E-state index contributed by atoms with van der Waals surface area (Å²) in [5.74, 6) is 0.289. The number of nitrogens with zero attached hydrogens (tertiary/aromatic N) is 3. The number of piperidine rings is 1. The smallest absolute Gasteiger partial charge is 0.223 e. The highest BCUT2D eigenvalue weighted by Gasteiger charge is 2.42. The molecular formula is C14H19N3OS. The molecule has 3 heterocycles. The van der Waals surface area contributed by atoms with Crippen molar-refractivity contribution < 1.29 is 4.79 Å². The molecule has 2 fully saturated rings. The van der Waals surface area contributed by atoms with Crippen LogP contribution >= 0.6 is 11.3 Å². The maximum atomic E-state index is 12.0. The molecule has 0 spiro atoms. The zero-order valence-electron chi connectivity index (χ0n) is 11.0. The lowest BCUT2D eigenvalue weighted by Crippen LogP contribution is -2.52. The van der Waals surface area contributed by atoms with Gasteiger partial charge in [0.25, 0.3) is 0 Å². The molecule has 1 amide bonds. The van der Waals surface area contributed by atoms with Crippen molar-refractivity contribution in [2.24, 2.45) is 0 Å². The lowest BCUT2D eigenvalue weighted by molar-refractivity contribution is -0.136. The Balaban J connectivity index is 1.71. The molecule has 102 valence electrons. The van der Waals surface area contributed by atoms with Gasteiger partial charge in [0.1, 0.15) is 5.01 Å². The van der Waals surface area contributed by atoms with Crippen LogP contribution in [0.4, 0.5) is 0 Å². The number of amides is 1. The van der Waals surface area contributed by atoms with Gasteiger partial charge in [0.2, 0.25) is 5.91 Å². The minimum Gasteiger partial charge on any atom is -0.334 e. The lowest BCUT2D eigenvalue weighted by Gasteiger charge is -2.39. The second kappa shape index (κ2) is 5.43. The molecule has 2 aliphatic heterocycles. The minimum atomic E-state index is 0.289. The first-order valence-corrected chi connectivity index (χ1v) is 7.70. The van der Waals surface area contributed by atoms with Gasteiger partial charge < -0.3 is 4.90 Å². The fourth-order valence-electron chi connectivity index (χ4n) is 3.32. The monoisotopic (exact) mass is 277 g/mol. The molecule has 1 aromatic rings. The minimum absolute atomic E-state index is 0.289. The van der Waals surface area contributed by atoms with E-state index in [0.29, 0.717) is 25.0 Å². The highest BCUT2D eigenvalue weighted by Crippen LogP contribution is 2.32. The molecule has 5 heteroatoms. The Morgan fingerprint density at radius 3 is 3.11 bits per heavy atom. The van der Waals surface area contributed by atoms with Crippen molar-refractivity contribution in [3.05, 3.63) is 29.2 Å². The Bertz CT molecular complexity index is 459. The van der Waals surface area contributed by atoms with E-state index in [9.17, 15) is 4.79 Å². The molecule has 0 aromatic carbocycles. The van der Waals surface area contributed by atoms with Crippen molar-refractivity contribution in [3.63, 3.8) is 0 Å². The molecule has 0 N–H and O–H groups in total. The summed E-state index contributed by atoms with van der Waals surface area (Å²) in [4.78, 5) is 20.9. The van der Waals surface area contributed by atoms with Crippen molar-refractivity contribution in [3.8, 4) is 0 Å².